The van der Waals surface area contributed by atoms with E-state index >= 15 is 0 Å². The Morgan fingerprint density at radius 3 is 3.11 bits per heavy atom. The van der Waals surface area contributed by atoms with Crippen LogP contribution in [0.3, 0.4) is 0 Å². The topological polar surface area (TPSA) is 110 Å². The molecule has 0 fully saturated rings. The van der Waals surface area contributed by atoms with Crippen molar-refractivity contribution in [3.8, 4) is 0 Å². The summed E-state index contributed by atoms with van der Waals surface area (Å²) in [6.07, 6.45) is 2.87. The molecule has 3 rings (SSSR count). The summed E-state index contributed by atoms with van der Waals surface area (Å²) in [6.45, 7) is 0.482. The fraction of sp³-hybridized carbons (Fsp3) is 0.0833. The molecule has 19 heavy (non-hydrogen) atoms. The summed E-state index contributed by atoms with van der Waals surface area (Å²) in [5, 5.41) is 7.38. The van der Waals surface area contributed by atoms with E-state index in [1.807, 2.05) is 0 Å². The number of nitrogens with one attached hydrogen (secondary N) is 2. The van der Waals surface area contributed by atoms with Crippen molar-refractivity contribution in [1.82, 2.24) is 15.1 Å². The van der Waals surface area contributed by atoms with E-state index in [0.29, 0.717) is 28.8 Å². The van der Waals surface area contributed by atoms with Gasteiger partial charge in [0.15, 0.2) is 0 Å². The molecule has 0 radical (unpaired) electrons. The highest BCUT2D eigenvalue weighted by molar-refractivity contribution is 5.88. The van der Waals surface area contributed by atoms with Gasteiger partial charge in [0, 0.05) is 6.07 Å². The first-order valence-electron chi connectivity index (χ1n) is 5.64. The van der Waals surface area contributed by atoms with E-state index in [0.717, 1.165) is 5.69 Å². The first kappa shape index (κ1) is 11.3. The van der Waals surface area contributed by atoms with Crippen LogP contribution >= 0.6 is 0 Å². The fourth-order valence-corrected chi connectivity index (χ4v) is 1.80. The lowest BCUT2D eigenvalue weighted by Gasteiger charge is -2.08. The lowest BCUT2D eigenvalue weighted by molar-refractivity contribution is 0.412. The van der Waals surface area contributed by atoms with Crippen LogP contribution in [0.4, 0.5) is 11.4 Å². The molecule has 96 valence electrons. The molecule has 0 bridgehead atoms. The molecule has 0 aliphatic heterocycles. The number of hydrogen-bond donors (Lipinski definition) is 3. The van der Waals surface area contributed by atoms with Gasteiger partial charge in [0.1, 0.15) is 12.0 Å². The van der Waals surface area contributed by atoms with Gasteiger partial charge in [-0.15, -0.1) is 0 Å². The smallest absolute Gasteiger partial charge is 0.258 e. The molecule has 0 amide bonds. The fourth-order valence-electron chi connectivity index (χ4n) is 1.80. The van der Waals surface area contributed by atoms with Crippen molar-refractivity contribution in [2.75, 3.05) is 11.1 Å². The molecule has 1 aromatic carbocycles. The molecule has 0 aliphatic carbocycles. The van der Waals surface area contributed by atoms with Crippen molar-refractivity contribution in [1.29, 1.82) is 0 Å². The number of benzene rings is 1. The highest BCUT2D eigenvalue weighted by atomic mass is 16.5. The molecule has 0 unspecified atom stereocenters. The number of H-pyrrole nitrogens is 1. The number of aromatic amines is 1. The summed E-state index contributed by atoms with van der Waals surface area (Å²) in [5.74, 6) is 0. The molecule has 0 aliphatic rings. The van der Waals surface area contributed by atoms with Crippen molar-refractivity contribution < 1.29 is 4.52 Å². The Hall–Kier alpha value is -2.83. The molecular weight excluding hydrogens is 246 g/mol. The molecule has 3 aromatic rings. The van der Waals surface area contributed by atoms with Crippen LogP contribution in [0.5, 0.6) is 0 Å². The normalized spacial score (nSPS) is 10.7. The van der Waals surface area contributed by atoms with Gasteiger partial charge >= 0.3 is 0 Å². The van der Waals surface area contributed by atoms with E-state index in [9.17, 15) is 4.79 Å². The van der Waals surface area contributed by atoms with Gasteiger partial charge in [-0.1, -0.05) is 5.16 Å². The predicted molar refractivity (Wildman–Crippen MR) is 70.6 cm³/mol. The second-order valence-electron chi connectivity index (χ2n) is 4.03. The number of rotatable bonds is 3. The number of anilines is 2. The molecular formula is C12H11N5O2. The van der Waals surface area contributed by atoms with Gasteiger partial charge in [-0.2, -0.15) is 0 Å². The van der Waals surface area contributed by atoms with Crippen LogP contribution in [-0.4, -0.2) is 15.1 Å². The molecule has 0 saturated heterocycles. The summed E-state index contributed by atoms with van der Waals surface area (Å²) < 4.78 is 4.74. The van der Waals surface area contributed by atoms with Crippen LogP contribution in [0.25, 0.3) is 10.9 Å². The second kappa shape index (κ2) is 4.45. The van der Waals surface area contributed by atoms with Crippen molar-refractivity contribution in [2.45, 2.75) is 6.54 Å². The van der Waals surface area contributed by atoms with Crippen LogP contribution in [0.15, 0.2) is 40.1 Å². The van der Waals surface area contributed by atoms with Gasteiger partial charge in [0.05, 0.1) is 35.1 Å². The summed E-state index contributed by atoms with van der Waals surface area (Å²) >= 11 is 0. The molecule has 0 spiro atoms. The van der Waals surface area contributed by atoms with Gasteiger partial charge in [-0.25, -0.2) is 4.98 Å². The van der Waals surface area contributed by atoms with Crippen molar-refractivity contribution in [2.24, 2.45) is 0 Å². The Bertz CT molecular complexity index is 763. The minimum absolute atomic E-state index is 0.209. The second-order valence-corrected chi connectivity index (χ2v) is 4.03. The third kappa shape index (κ3) is 2.13. The monoisotopic (exact) mass is 257 g/mol. The van der Waals surface area contributed by atoms with Crippen LogP contribution in [0, 0.1) is 0 Å². The number of hydrogen-bond acceptors (Lipinski definition) is 6. The Morgan fingerprint density at radius 2 is 2.32 bits per heavy atom. The standard InChI is InChI=1S/C12H11N5O2/c13-9-3-8-10(15-6-16-12(8)18)4-11(9)14-5-7-1-2-19-17-7/h1-4,6,14H,5,13H2,(H,15,16,18). The first-order valence-corrected chi connectivity index (χ1v) is 5.64. The zero-order chi connectivity index (χ0) is 13.2. The van der Waals surface area contributed by atoms with E-state index in [2.05, 4.69) is 20.4 Å². The summed E-state index contributed by atoms with van der Waals surface area (Å²) in [7, 11) is 0. The van der Waals surface area contributed by atoms with Gasteiger partial charge in [0.25, 0.3) is 5.56 Å². The van der Waals surface area contributed by atoms with Crippen molar-refractivity contribution in [3.05, 3.63) is 46.8 Å². The van der Waals surface area contributed by atoms with Crippen molar-refractivity contribution >= 4 is 22.3 Å². The third-order valence-corrected chi connectivity index (χ3v) is 2.76. The SMILES string of the molecule is Nc1cc2c(=O)[nH]cnc2cc1NCc1ccon1. The van der Waals surface area contributed by atoms with E-state index in [4.69, 9.17) is 10.3 Å². The number of nitrogens with two attached hydrogens (primary N) is 1. The maximum atomic E-state index is 11.6. The predicted octanol–water partition coefficient (Wildman–Crippen LogP) is 1.11. The first-order chi connectivity index (χ1) is 9.24. The minimum Gasteiger partial charge on any atom is -0.397 e. The van der Waals surface area contributed by atoms with Gasteiger partial charge in [0.2, 0.25) is 0 Å². The maximum absolute atomic E-state index is 11.6. The average Bonchev–Trinajstić information content (AvgIpc) is 2.91. The molecule has 0 atom stereocenters. The molecule has 2 aromatic heterocycles. The van der Waals surface area contributed by atoms with E-state index in [1.165, 1.54) is 12.6 Å². The van der Waals surface area contributed by atoms with Gasteiger partial charge in [-0.3, -0.25) is 4.79 Å². The van der Waals surface area contributed by atoms with Crippen LogP contribution in [-0.2, 0) is 6.54 Å². The molecule has 2 heterocycles. The lowest BCUT2D eigenvalue weighted by atomic mass is 10.2. The summed E-state index contributed by atoms with van der Waals surface area (Å²) in [6, 6.07) is 5.10. The van der Waals surface area contributed by atoms with E-state index in [1.54, 1.807) is 18.2 Å². The zero-order valence-corrected chi connectivity index (χ0v) is 9.88. The lowest BCUT2D eigenvalue weighted by Crippen LogP contribution is -2.08. The number of fused-ring (bicyclic) bond motifs is 1. The number of aromatic nitrogens is 3. The van der Waals surface area contributed by atoms with Crippen molar-refractivity contribution in [3.63, 3.8) is 0 Å². The quantitative estimate of drug-likeness (QED) is 0.606. The largest absolute Gasteiger partial charge is 0.397 e. The van der Waals surface area contributed by atoms with E-state index < -0.39 is 0 Å². The third-order valence-electron chi connectivity index (χ3n) is 2.76. The van der Waals surface area contributed by atoms with E-state index in [-0.39, 0.29) is 5.56 Å². The van der Waals surface area contributed by atoms with Crippen LogP contribution in [0.2, 0.25) is 0 Å². The summed E-state index contributed by atoms with van der Waals surface area (Å²) in [5.41, 5.74) is 8.23. The molecule has 7 heteroatoms. The molecule has 7 nitrogen and oxygen atoms in total. The molecule has 0 saturated carbocycles. The highest BCUT2D eigenvalue weighted by Gasteiger charge is 2.06. The van der Waals surface area contributed by atoms with Gasteiger partial charge < -0.3 is 20.6 Å². The van der Waals surface area contributed by atoms with Crippen LogP contribution in [0.1, 0.15) is 5.69 Å². The Labute approximate surface area is 107 Å². The number of nitrogen functional groups attached to an aromatic ring is 1. The summed E-state index contributed by atoms with van der Waals surface area (Å²) in [4.78, 5) is 18.2. The number of nitrogens with zero attached hydrogens (tertiary/aromatic N) is 2. The minimum atomic E-state index is -0.209. The Balaban J connectivity index is 1.95. The zero-order valence-electron chi connectivity index (χ0n) is 9.88. The molecule has 4 N–H and O–H groups in total. The Morgan fingerprint density at radius 1 is 1.42 bits per heavy atom. The van der Waals surface area contributed by atoms with Crippen LogP contribution < -0.4 is 16.6 Å². The highest BCUT2D eigenvalue weighted by Crippen LogP contribution is 2.23. The van der Waals surface area contributed by atoms with Gasteiger partial charge in [-0.05, 0) is 12.1 Å². The average molecular weight is 257 g/mol. The Kier molecular flexibility index (Phi) is 2.64. The maximum Gasteiger partial charge on any atom is 0.258 e.